The maximum atomic E-state index is 12.9. The Labute approximate surface area is 269 Å². The molecule has 246 valence electrons. The van der Waals surface area contributed by atoms with Crippen molar-refractivity contribution in [3.05, 3.63) is 87.0 Å². The van der Waals surface area contributed by atoms with Gasteiger partial charge in [0.2, 0.25) is 12.3 Å². The van der Waals surface area contributed by atoms with E-state index in [1.807, 2.05) is 32.9 Å². The number of amides is 2. The number of amidine groups is 1. The van der Waals surface area contributed by atoms with E-state index in [-0.39, 0.29) is 23.2 Å². The molecule has 0 saturated heterocycles. The minimum atomic E-state index is -0.643. The second-order valence-electron chi connectivity index (χ2n) is 10.6. The summed E-state index contributed by atoms with van der Waals surface area (Å²) in [5.74, 6) is 0.540. The quantitative estimate of drug-likeness (QED) is 0.128. The fourth-order valence-corrected chi connectivity index (χ4v) is 4.63. The molecule has 1 aliphatic rings. The van der Waals surface area contributed by atoms with Gasteiger partial charge in [-0.2, -0.15) is 0 Å². The predicted molar refractivity (Wildman–Crippen MR) is 183 cm³/mol. The van der Waals surface area contributed by atoms with Crippen LogP contribution < -0.4 is 21.9 Å². The number of fused-ring (bicyclic) bond motifs is 1. The van der Waals surface area contributed by atoms with Crippen molar-refractivity contribution in [2.75, 3.05) is 17.6 Å². The minimum absolute atomic E-state index is 0.0632. The number of nitrogens with zero attached hydrogens (tertiary/aromatic N) is 4. The summed E-state index contributed by atoms with van der Waals surface area (Å²) in [6, 6.07) is 7.06. The van der Waals surface area contributed by atoms with Crippen molar-refractivity contribution in [1.82, 2.24) is 19.9 Å². The summed E-state index contributed by atoms with van der Waals surface area (Å²) in [4.78, 5) is 48.6. The number of anilines is 2. The average Bonchev–Trinajstić information content (AvgIpc) is 3.47. The SMILES string of the molecule is CC.CC(C)=NC(=N)c1cccc(F)c1.CCCC/C(=C\c1cnc(N)cc1C)CNC(=O)C1CCc2ncc(NC=O)c(=O)n21. The Morgan fingerprint density at radius 1 is 1.22 bits per heavy atom. The maximum absolute atomic E-state index is 12.9. The molecule has 0 bridgehead atoms. The standard InChI is InChI=1S/C22H28N6O3.C10H11FN2.C2H6/c1-3-4-5-15(9-16-11-24-19(23)8-14(16)2)10-26-21(30)18-6-7-20-25-12-17(27-13-29)22(31)28(18)20;1-7(2)13-10(12)8-4-3-5-9(11)6-8;1-2/h8-9,11-13,18H,3-7,10H2,1-2H3,(H2,23,24)(H,26,30)(H,27,29);3-6,12H,1-2H3;1-2H3/b15-9+;;. The molecular formula is C34H45FN8O3. The number of benzene rings is 1. The molecule has 5 N–H and O–H groups in total. The molecule has 2 aromatic heterocycles. The molecule has 0 saturated carbocycles. The first kappa shape index (κ1) is 37.2. The van der Waals surface area contributed by atoms with Crippen molar-refractivity contribution in [3.8, 4) is 0 Å². The molecule has 3 aromatic rings. The molecule has 1 atom stereocenters. The van der Waals surface area contributed by atoms with Gasteiger partial charge in [0.25, 0.3) is 5.56 Å². The molecule has 2 amide bonds. The summed E-state index contributed by atoms with van der Waals surface area (Å²) >= 11 is 0. The van der Waals surface area contributed by atoms with E-state index in [1.54, 1.807) is 32.2 Å². The smallest absolute Gasteiger partial charge is 0.278 e. The molecule has 0 radical (unpaired) electrons. The van der Waals surface area contributed by atoms with Crippen LogP contribution in [0.4, 0.5) is 15.9 Å². The second-order valence-corrected chi connectivity index (χ2v) is 10.6. The average molecular weight is 633 g/mol. The van der Waals surface area contributed by atoms with Gasteiger partial charge in [-0.1, -0.05) is 51.0 Å². The molecule has 46 heavy (non-hydrogen) atoms. The van der Waals surface area contributed by atoms with Gasteiger partial charge in [-0.3, -0.25) is 24.4 Å². The van der Waals surface area contributed by atoms with Crippen molar-refractivity contribution in [1.29, 1.82) is 5.41 Å². The molecule has 1 unspecified atom stereocenters. The highest BCUT2D eigenvalue weighted by atomic mass is 19.1. The fraction of sp³-hybridized carbons (Fsp3) is 0.382. The Morgan fingerprint density at radius 3 is 2.59 bits per heavy atom. The number of unbranched alkanes of at least 4 members (excludes halogenated alkanes) is 1. The lowest BCUT2D eigenvalue weighted by Gasteiger charge is -2.16. The largest absolute Gasteiger partial charge is 0.384 e. The maximum Gasteiger partial charge on any atom is 0.278 e. The number of hydrogen-bond donors (Lipinski definition) is 4. The van der Waals surface area contributed by atoms with E-state index in [0.717, 1.165) is 41.7 Å². The fourth-order valence-electron chi connectivity index (χ4n) is 4.63. The first-order chi connectivity index (χ1) is 22.0. The minimum Gasteiger partial charge on any atom is -0.384 e. The van der Waals surface area contributed by atoms with Crippen molar-refractivity contribution >= 4 is 41.4 Å². The van der Waals surface area contributed by atoms with Crippen LogP contribution in [-0.4, -0.2) is 44.9 Å². The van der Waals surface area contributed by atoms with Crippen LogP contribution in [0, 0.1) is 18.2 Å². The van der Waals surface area contributed by atoms with E-state index in [1.165, 1.54) is 22.9 Å². The topological polar surface area (TPSA) is 168 Å². The number of aryl methyl sites for hydroxylation is 2. The van der Waals surface area contributed by atoms with Crippen molar-refractivity contribution < 1.29 is 14.0 Å². The van der Waals surface area contributed by atoms with Gasteiger partial charge in [0.05, 0.1) is 6.20 Å². The predicted octanol–water partition coefficient (Wildman–Crippen LogP) is 5.63. The summed E-state index contributed by atoms with van der Waals surface area (Å²) < 4.78 is 14.1. The monoisotopic (exact) mass is 632 g/mol. The first-order valence-electron chi connectivity index (χ1n) is 15.4. The number of rotatable bonds is 10. The number of nitrogens with two attached hydrogens (primary N) is 1. The summed E-state index contributed by atoms with van der Waals surface area (Å²) in [6.45, 7) is 12.1. The number of aliphatic imine (C=N–C) groups is 1. The van der Waals surface area contributed by atoms with Gasteiger partial charge in [-0.25, -0.2) is 19.4 Å². The van der Waals surface area contributed by atoms with Crippen LogP contribution in [0.3, 0.4) is 0 Å². The lowest BCUT2D eigenvalue weighted by molar-refractivity contribution is -0.124. The third-order valence-corrected chi connectivity index (χ3v) is 6.85. The van der Waals surface area contributed by atoms with Crippen LogP contribution in [0.25, 0.3) is 6.08 Å². The summed E-state index contributed by atoms with van der Waals surface area (Å²) in [7, 11) is 0. The van der Waals surface area contributed by atoms with Gasteiger partial charge in [0.1, 0.15) is 29.2 Å². The summed E-state index contributed by atoms with van der Waals surface area (Å²) in [5.41, 5.74) is 9.73. The van der Waals surface area contributed by atoms with E-state index in [9.17, 15) is 18.8 Å². The zero-order chi connectivity index (χ0) is 34.2. The third kappa shape index (κ3) is 10.9. The summed E-state index contributed by atoms with van der Waals surface area (Å²) in [6.07, 6.45) is 9.44. The Balaban J connectivity index is 0.000000410. The van der Waals surface area contributed by atoms with Gasteiger partial charge in [0, 0.05) is 30.4 Å². The Kier molecular flexibility index (Phi) is 15.1. The zero-order valence-electron chi connectivity index (χ0n) is 27.5. The molecule has 1 aliphatic heterocycles. The number of hydrogen-bond acceptors (Lipinski definition) is 7. The number of carbonyl (C=O) groups is 2. The molecule has 0 fully saturated rings. The van der Waals surface area contributed by atoms with Gasteiger partial charge in [-0.15, -0.1) is 0 Å². The van der Waals surface area contributed by atoms with Crippen LogP contribution in [0.1, 0.15) is 88.9 Å². The highest BCUT2D eigenvalue weighted by molar-refractivity contribution is 6.04. The van der Waals surface area contributed by atoms with Crippen LogP contribution in [0.15, 0.2) is 58.1 Å². The molecule has 11 nitrogen and oxygen atoms in total. The highest BCUT2D eigenvalue weighted by Crippen LogP contribution is 2.23. The third-order valence-electron chi connectivity index (χ3n) is 6.85. The second kappa shape index (κ2) is 18.7. The number of nitrogens with one attached hydrogen (secondary N) is 3. The van der Waals surface area contributed by atoms with Crippen molar-refractivity contribution in [3.63, 3.8) is 0 Å². The van der Waals surface area contributed by atoms with Crippen LogP contribution in [0.2, 0.25) is 0 Å². The van der Waals surface area contributed by atoms with Crippen LogP contribution in [0.5, 0.6) is 0 Å². The number of carbonyl (C=O) groups excluding carboxylic acids is 2. The summed E-state index contributed by atoms with van der Waals surface area (Å²) in [5, 5.41) is 12.8. The number of halogens is 1. The highest BCUT2D eigenvalue weighted by Gasteiger charge is 2.31. The lowest BCUT2D eigenvalue weighted by Crippen LogP contribution is -2.37. The first-order valence-corrected chi connectivity index (χ1v) is 15.4. The van der Waals surface area contributed by atoms with Crippen molar-refractivity contribution in [2.45, 2.75) is 79.7 Å². The van der Waals surface area contributed by atoms with Crippen LogP contribution in [-0.2, 0) is 16.0 Å². The Hall–Kier alpha value is -5.00. The number of nitrogen functional groups attached to an aromatic ring is 1. The number of aromatic nitrogens is 3. The van der Waals surface area contributed by atoms with E-state index < -0.39 is 11.6 Å². The van der Waals surface area contributed by atoms with Crippen LogP contribution >= 0.6 is 0 Å². The molecule has 3 heterocycles. The van der Waals surface area contributed by atoms with Gasteiger partial charge >= 0.3 is 0 Å². The van der Waals surface area contributed by atoms with Gasteiger partial charge in [0.15, 0.2) is 5.84 Å². The zero-order valence-corrected chi connectivity index (χ0v) is 27.5. The van der Waals surface area contributed by atoms with Gasteiger partial charge < -0.3 is 16.4 Å². The van der Waals surface area contributed by atoms with E-state index in [2.05, 4.69) is 32.5 Å². The van der Waals surface area contributed by atoms with Crippen molar-refractivity contribution in [2.24, 2.45) is 4.99 Å². The molecule has 4 rings (SSSR count). The molecular weight excluding hydrogens is 587 g/mol. The van der Waals surface area contributed by atoms with E-state index in [0.29, 0.717) is 43.0 Å². The molecule has 1 aromatic carbocycles. The molecule has 0 spiro atoms. The van der Waals surface area contributed by atoms with E-state index >= 15 is 0 Å². The molecule has 12 heteroatoms. The normalized spacial score (nSPS) is 13.2. The van der Waals surface area contributed by atoms with E-state index in [4.69, 9.17) is 11.1 Å². The number of pyridine rings is 1. The molecule has 0 aliphatic carbocycles. The Bertz CT molecular complexity index is 1630. The van der Waals surface area contributed by atoms with Gasteiger partial charge in [-0.05, 0) is 69.4 Å². The lowest BCUT2D eigenvalue weighted by atomic mass is 10.0. The Morgan fingerprint density at radius 2 is 1.96 bits per heavy atom.